The fourth-order valence-electron chi connectivity index (χ4n) is 2.09. The third-order valence-electron chi connectivity index (χ3n) is 3.42. The van der Waals surface area contributed by atoms with Gasteiger partial charge in [0.05, 0.1) is 0 Å². The van der Waals surface area contributed by atoms with Crippen LogP contribution in [0, 0.1) is 13.8 Å². The number of hydrogen-bond donors (Lipinski definition) is 0. The number of hydrogen-bond acceptors (Lipinski definition) is 4. The van der Waals surface area contributed by atoms with Gasteiger partial charge in [-0.25, -0.2) is 9.59 Å². The Hall–Kier alpha value is -2.62. The molecule has 0 fully saturated rings. The third-order valence-corrected chi connectivity index (χ3v) is 3.42. The van der Waals surface area contributed by atoms with Crippen LogP contribution in [0.4, 0.5) is 0 Å². The topological polar surface area (TPSA) is 56.5 Å². The Morgan fingerprint density at radius 1 is 1.27 bits per heavy atom. The van der Waals surface area contributed by atoms with Gasteiger partial charge in [-0.15, -0.1) is 0 Å². The second kappa shape index (κ2) is 6.89. The van der Waals surface area contributed by atoms with Crippen molar-refractivity contribution in [2.24, 2.45) is 0 Å². The van der Waals surface area contributed by atoms with Crippen molar-refractivity contribution in [2.75, 3.05) is 0 Å². The minimum Gasteiger partial charge on any atom is -0.458 e. The number of carbonyl (C=O) groups is 1. The van der Waals surface area contributed by atoms with E-state index in [-0.39, 0.29) is 6.61 Å². The molecule has 2 rings (SSSR count). The molecule has 0 saturated carbocycles. The van der Waals surface area contributed by atoms with Crippen molar-refractivity contribution < 1.29 is 13.9 Å². The SMILES string of the molecule is CC=CC=CC(=O)OCc1cc(=O)oc2c(C)c(C)ccc12. The molecule has 4 heteroatoms. The lowest BCUT2D eigenvalue weighted by Gasteiger charge is -2.08. The van der Waals surface area contributed by atoms with Crippen LogP contribution in [-0.4, -0.2) is 5.97 Å². The van der Waals surface area contributed by atoms with Gasteiger partial charge in [0.25, 0.3) is 0 Å². The zero-order valence-corrected chi connectivity index (χ0v) is 12.9. The summed E-state index contributed by atoms with van der Waals surface area (Å²) in [5.74, 6) is -0.455. The first-order valence-electron chi connectivity index (χ1n) is 7.02. The molecule has 0 aliphatic rings. The first kappa shape index (κ1) is 15.8. The molecule has 0 aliphatic carbocycles. The minimum atomic E-state index is -0.455. The number of rotatable bonds is 4. The van der Waals surface area contributed by atoms with E-state index in [0.29, 0.717) is 11.1 Å². The zero-order chi connectivity index (χ0) is 16.1. The molecule has 1 heterocycles. The molecule has 1 aromatic heterocycles. The van der Waals surface area contributed by atoms with Gasteiger partial charge < -0.3 is 9.15 Å². The van der Waals surface area contributed by atoms with Gasteiger partial charge in [0, 0.05) is 23.1 Å². The Labute approximate surface area is 128 Å². The zero-order valence-electron chi connectivity index (χ0n) is 12.9. The molecule has 0 aliphatic heterocycles. The van der Waals surface area contributed by atoms with Gasteiger partial charge in [0.15, 0.2) is 0 Å². The van der Waals surface area contributed by atoms with Crippen LogP contribution in [0.3, 0.4) is 0 Å². The van der Waals surface area contributed by atoms with Gasteiger partial charge in [-0.1, -0.05) is 30.4 Å². The van der Waals surface area contributed by atoms with Crippen LogP contribution in [0.5, 0.6) is 0 Å². The second-order valence-corrected chi connectivity index (χ2v) is 4.97. The van der Waals surface area contributed by atoms with E-state index < -0.39 is 11.6 Å². The maximum atomic E-state index is 11.7. The van der Waals surface area contributed by atoms with E-state index >= 15 is 0 Å². The van der Waals surface area contributed by atoms with E-state index in [9.17, 15) is 9.59 Å². The Morgan fingerprint density at radius 3 is 2.77 bits per heavy atom. The molecular weight excluding hydrogens is 280 g/mol. The van der Waals surface area contributed by atoms with Gasteiger partial charge in [0.1, 0.15) is 12.2 Å². The van der Waals surface area contributed by atoms with Crippen LogP contribution in [0.2, 0.25) is 0 Å². The van der Waals surface area contributed by atoms with Crippen molar-refractivity contribution in [3.63, 3.8) is 0 Å². The Kier molecular flexibility index (Phi) is 4.94. The summed E-state index contributed by atoms with van der Waals surface area (Å²) in [5, 5.41) is 0.785. The van der Waals surface area contributed by atoms with Crippen LogP contribution in [0.25, 0.3) is 11.0 Å². The van der Waals surface area contributed by atoms with E-state index in [1.165, 1.54) is 12.1 Å². The maximum absolute atomic E-state index is 11.7. The van der Waals surface area contributed by atoms with E-state index in [2.05, 4.69) is 0 Å². The standard InChI is InChI=1S/C18H18O4/c1-4-5-6-7-16(19)21-11-14-10-17(20)22-18-13(3)12(2)8-9-15(14)18/h4-10H,11H2,1-3H3. The average Bonchev–Trinajstić information content (AvgIpc) is 2.49. The predicted octanol–water partition coefficient (Wildman–Crippen LogP) is 3.59. The summed E-state index contributed by atoms with van der Waals surface area (Å²) in [7, 11) is 0. The average molecular weight is 298 g/mol. The fourth-order valence-corrected chi connectivity index (χ4v) is 2.09. The summed E-state index contributed by atoms with van der Waals surface area (Å²) in [6.45, 7) is 5.74. The van der Waals surface area contributed by atoms with Gasteiger partial charge in [-0.05, 0) is 31.9 Å². The number of allylic oxidation sites excluding steroid dienone is 3. The van der Waals surface area contributed by atoms with Crippen molar-refractivity contribution in [2.45, 2.75) is 27.4 Å². The molecule has 4 nitrogen and oxygen atoms in total. The molecule has 0 atom stereocenters. The van der Waals surface area contributed by atoms with Crippen LogP contribution < -0.4 is 5.63 Å². The summed E-state index contributed by atoms with van der Waals surface area (Å²) in [4.78, 5) is 23.3. The summed E-state index contributed by atoms with van der Waals surface area (Å²) in [5.41, 5.74) is 2.69. The monoisotopic (exact) mass is 298 g/mol. The summed E-state index contributed by atoms with van der Waals surface area (Å²) < 4.78 is 10.4. The summed E-state index contributed by atoms with van der Waals surface area (Å²) in [6, 6.07) is 5.19. The Balaban J connectivity index is 2.30. The maximum Gasteiger partial charge on any atom is 0.336 e. The lowest BCUT2D eigenvalue weighted by Crippen LogP contribution is -2.06. The highest BCUT2D eigenvalue weighted by molar-refractivity contribution is 5.85. The minimum absolute atomic E-state index is 0.0314. The van der Waals surface area contributed by atoms with Crippen molar-refractivity contribution in [1.82, 2.24) is 0 Å². The second-order valence-electron chi connectivity index (χ2n) is 4.97. The lowest BCUT2D eigenvalue weighted by atomic mass is 10.0. The first-order chi connectivity index (χ1) is 10.5. The molecule has 1 aromatic carbocycles. The highest BCUT2D eigenvalue weighted by atomic mass is 16.5. The highest BCUT2D eigenvalue weighted by Gasteiger charge is 2.10. The normalized spacial score (nSPS) is 11.6. The van der Waals surface area contributed by atoms with E-state index in [1.54, 1.807) is 12.2 Å². The third kappa shape index (κ3) is 3.52. The summed E-state index contributed by atoms with van der Waals surface area (Å²) >= 11 is 0. The van der Waals surface area contributed by atoms with Crippen LogP contribution >= 0.6 is 0 Å². The van der Waals surface area contributed by atoms with Crippen LogP contribution in [0.15, 0.2) is 51.7 Å². The van der Waals surface area contributed by atoms with Gasteiger partial charge in [-0.2, -0.15) is 0 Å². The lowest BCUT2D eigenvalue weighted by molar-refractivity contribution is -0.138. The molecule has 0 bridgehead atoms. The number of fused-ring (bicyclic) bond motifs is 1. The number of ether oxygens (including phenoxy) is 1. The molecular formula is C18H18O4. The van der Waals surface area contributed by atoms with Crippen molar-refractivity contribution in [3.8, 4) is 0 Å². The van der Waals surface area contributed by atoms with Crippen LogP contribution in [0.1, 0.15) is 23.6 Å². The smallest absolute Gasteiger partial charge is 0.336 e. The quantitative estimate of drug-likeness (QED) is 0.374. The Bertz CT molecular complexity index is 810. The molecule has 114 valence electrons. The molecule has 2 aromatic rings. The van der Waals surface area contributed by atoms with Gasteiger partial charge in [-0.3, -0.25) is 0 Å². The van der Waals surface area contributed by atoms with E-state index in [1.807, 2.05) is 39.0 Å². The van der Waals surface area contributed by atoms with Crippen LogP contribution in [-0.2, 0) is 16.1 Å². The molecule has 0 spiro atoms. The fraction of sp³-hybridized carbons (Fsp3) is 0.222. The number of benzene rings is 1. The highest BCUT2D eigenvalue weighted by Crippen LogP contribution is 2.23. The van der Waals surface area contributed by atoms with Crippen molar-refractivity contribution in [3.05, 3.63) is 69.6 Å². The number of carbonyl (C=O) groups excluding carboxylic acids is 1. The molecule has 22 heavy (non-hydrogen) atoms. The molecule has 0 unspecified atom stereocenters. The number of esters is 1. The Morgan fingerprint density at radius 2 is 2.05 bits per heavy atom. The number of aryl methyl sites for hydroxylation is 2. The predicted molar refractivity (Wildman–Crippen MR) is 85.7 cm³/mol. The largest absolute Gasteiger partial charge is 0.458 e. The van der Waals surface area contributed by atoms with Gasteiger partial charge >= 0.3 is 11.6 Å². The molecule has 0 N–H and O–H groups in total. The molecule has 0 radical (unpaired) electrons. The van der Waals surface area contributed by atoms with E-state index in [0.717, 1.165) is 16.5 Å². The van der Waals surface area contributed by atoms with Gasteiger partial charge in [0.2, 0.25) is 0 Å². The molecule has 0 amide bonds. The summed E-state index contributed by atoms with van der Waals surface area (Å²) in [6.07, 6.45) is 6.49. The van der Waals surface area contributed by atoms with Crippen molar-refractivity contribution in [1.29, 1.82) is 0 Å². The van der Waals surface area contributed by atoms with Crippen molar-refractivity contribution >= 4 is 16.9 Å². The van der Waals surface area contributed by atoms with E-state index in [4.69, 9.17) is 9.15 Å². The molecule has 0 saturated heterocycles. The first-order valence-corrected chi connectivity index (χ1v) is 7.02.